The first-order valence-corrected chi connectivity index (χ1v) is 13.6. The molecule has 1 aromatic heterocycles. The minimum Gasteiger partial charge on any atom is -0.435 e. The largest absolute Gasteiger partial charge is 0.511 e. The summed E-state index contributed by atoms with van der Waals surface area (Å²) in [4.78, 5) is 71.9. The molecule has 2 N–H and O–H groups in total. The summed E-state index contributed by atoms with van der Waals surface area (Å²) in [5.41, 5.74) is 0.276. The highest BCUT2D eigenvalue weighted by Crippen LogP contribution is 2.40. The van der Waals surface area contributed by atoms with Gasteiger partial charge in [-0.25, -0.2) is 14.6 Å². The van der Waals surface area contributed by atoms with E-state index in [-0.39, 0.29) is 41.3 Å². The van der Waals surface area contributed by atoms with Crippen LogP contribution in [0.2, 0.25) is 0 Å². The molecular formula is C21H24ClN5O10S2. The van der Waals surface area contributed by atoms with E-state index >= 15 is 0 Å². The molecule has 1 saturated heterocycles. The molecule has 212 valence electrons. The van der Waals surface area contributed by atoms with Crippen molar-refractivity contribution in [2.24, 2.45) is 5.16 Å². The number of oxime groups is 1. The molecule has 2 aliphatic heterocycles. The molecule has 2 aliphatic rings. The van der Waals surface area contributed by atoms with Crippen LogP contribution < -0.4 is 10.6 Å². The summed E-state index contributed by atoms with van der Waals surface area (Å²) in [5.74, 6) is -2.73. The van der Waals surface area contributed by atoms with Crippen LogP contribution >= 0.6 is 34.7 Å². The zero-order valence-corrected chi connectivity index (χ0v) is 23.3. The normalized spacial score (nSPS) is 18.5. The van der Waals surface area contributed by atoms with E-state index in [2.05, 4.69) is 30.2 Å². The number of alkyl halides is 1. The van der Waals surface area contributed by atoms with Gasteiger partial charge in [-0.15, -0.1) is 34.7 Å². The van der Waals surface area contributed by atoms with Crippen LogP contribution in [0.5, 0.6) is 0 Å². The fourth-order valence-electron chi connectivity index (χ4n) is 3.41. The molecule has 18 heteroatoms. The second-order valence-electron chi connectivity index (χ2n) is 7.47. The molecule has 1 unspecified atom stereocenters. The van der Waals surface area contributed by atoms with Crippen molar-refractivity contribution in [1.82, 2.24) is 15.2 Å². The number of rotatable bonds is 12. The molecule has 0 spiro atoms. The van der Waals surface area contributed by atoms with Gasteiger partial charge in [0.2, 0.25) is 12.7 Å². The number of aromatic nitrogens is 1. The summed E-state index contributed by atoms with van der Waals surface area (Å²) in [6.07, 6.45) is -1.02. The standard InChI is InChI=1S/C21H24ClN5O10S2/c1-4-35-21(32)37-9-36-19(31)15-10(6-33-2)7-38-18-14(17(30)27(15)18)25-16(29)13(26-34-3)11-8-39-20(23-11)24-12(28)5-22/h8,14,18H,4-7,9H2,1-3H3,(H,25,29)(H,23,24,28)/t14?,18-/m0/s1. The van der Waals surface area contributed by atoms with Crippen molar-refractivity contribution in [3.63, 3.8) is 0 Å². The zero-order chi connectivity index (χ0) is 28.5. The van der Waals surface area contributed by atoms with Gasteiger partial charge >= 0.3 is 12.1 Å². The number of β-lactam (4-membered cyclic amide) rings is 1. The number of carbonyl (C=O) groups excluding carboxylic acids is 5. The summed E-state index contributed by atoms with van der Waals surface area (Å²) < 4.78 is 19.4. The number of ether oxygens (including phenoxy) is 4. The molecule has 0 aromatic carbocycles. The molecule has 0 aliphatic carbocycles. The van der Waals surface area contributed by atoms with E-state index in [0.29, 0.717) is 11.3 Å². The molecule has 0 bridgehead atoms. The maximum atomic E-state index is 13.1. The number of carbonyl (C=O) groups is 5. The Morgan fingerprint density at radius 3 is 2.67 bits per heavy atom. The van der Waals surface area contributed by atoms with Gasteiger partial charge in [0, 0.05) is 18.2 Å². The number of hydrogen-bond acceptors (Lipinski definition) is 14. The number of thiazole rings is 1. The number of nitrogens with zero attached hydrogens (tertiary/aromatic N) is 3. The average Bonchev–Trinajstić information content (AvgIpc) is 3.37. The highest BCUT2D eigenvalue weighted by Gasteiger charge is 2.54. The second-order valence-corrected chi connectivity index (χ2v) is 9.70. The van der Waals surface area contributed by atoms with E-state index in [4.69, 9.17) is 25.9 Å². The third-order valence-corrected chi connectivity index (χ3v) is 7.33. The minimum absolute atomic E-state index is 0.0424. The summed E-state index contributed by atoms with van der Waals surface area (Å²) in [6, 6.07) is -1.01. The fourth-order valence-corrected chi connectivity index (χ4v) is 5.52. The quantitative estimate of drug-likeness (QED) is 0.0847. The number of methoxy groups -OCH3 is 1. The first-order valence-electron chi connectivity index (χ1n) is 11.1. The lowest BCUT2D eigenvalue weighted by Crippen LogP contribution is -2.71. The maximum Gasteiger partial charge on any atom is 0.511 e. The van der Waals surface area contributed by atoms with Gasteiger partial charge < -0.3 is 34.4 Å². The Bertz CT molecular complexity index is 1190. The topological polar surface area (TPSA) is 184 Å². The molecule has 0 saturated carbocycles. The van der Waals surface area contributed by atoms with Crippen molar-refractivity contribution in [2.45, 2.75) is 18.3 Å². The molecule has 3 amide bonds. The number of amides is 3. The third kappa shape index (κ3) is 7.17. The van der Waals surface area contributed by atoms with E-state index in [1.165, 1.54) is 36.3 Å². The van der Waals surface area contributed by atoms with Crippen molar-refractivity contribution in [1.29, 1.82) is 0 Å². The van der Waals surface area contributed by atoms with Crippen LogP contribution in [-0.4, -0.2) is 103 Å². The van der Waals surface area contributed by atoms with Gasteiger partial charge in [-0.05, 0) is 12.5 Å². The van der Waals surface area contributed by atoms with Gasteiger partial charge in [0.15, 0.2) is 10.8 Å². The van der Waals surface area contributed by atoms with Crippen molar-refractivity contribution < 1.29 is 47.8 Å². The van der Waals surface area contributed by atoms with Crippen LogP contribution in [0.15, 0.2) is 21.8 Å². The monoisotopic (exact) mass is 605 g/mol. The molecule has 1 fully saturated rings. The molecule has 39 heavy (non-hydrogen) atoms. The molecule has 0 radical (unpaired) electrons. The number of fused-ring (bicyclic) bond motifs is 1. The smallest absolute Gasteiger partial charge is 0.435 e. The van der Waals surface area contributed by atoms with Crippen molar-refractivity contribution >= 4 is 75.4 Å². The third-order valence-electron chi connectivity index (χ3n) is 4.99. The number of esters is 1. The summed E-state index contributed by atoms with van der Waals surface area (Å²) >= 11 is 7.82. The highest BCUT2D eigenvalue weighted by atomic mass is 35.5. The van der Waals surface area contributed by atoms with Gasteiger partial charge in [0.1, 0.15) is 35.8 Å². The fraction of sp³-hybridized carbons (Fsp3) is 0.476. The number of halogens is 1. The van der Waals surface area contributed by atoms with E-state index in [9.17, 15) is 24.0 Å². The summed E-state index contributed by atoms with van der Waals surface area (Å²) in [6.45, 7) is 0.982. The van der Waals surface area contributed by atoms with Crippen molar-refractivity contribution in [3.05, 3.63) is 22.3 Å². The Morgan fingerprint density at radius 1 is 1.23 bits per heavy atom. The Morgan fingerprint density at radius 2 is 2.00 bits per heavy atom. The predicted molar refractivity (Wildman–Crippen MR) is 138 cm³/mol. The van der Waals surface area contributed by atoms with Crippen LogP contribution in [0.25, 0.3) is 0 Å². The summed E-state index contributed by atoms with van der Waals surface area (Å²) in [5, 5.41) is 9.78. The molecule has 3 heterocycles. The lowest BCUT2D eigenvalue weighted by Gasteiger charge is -2.49. The Balaban J connectivity index is 1.71. The first-order chi connectivity index (χ1) is 18.7. The van der Waals surface area contributed by atoms with E-state index in [1.54, 1.807) is 6.92 Å². The lowest BCUT2D eigenvalue weighted by atomic mass is 10.0. The SMILES string of the molecule is CCOC(=O)OCOC(=O)C1=C(COC)CS[C@H]2C(NC(=O)C(=NOC)c3csc(NC(=O)CCl)n3)C(=O)N12. The van der Waals surface area contributed by atoms with Crippen LogP contribution in [0.3, 0.4) is 0 Å². The van der Waals surface area contributed by atoms with E-state index < -0.39 is 48.1 Å². The van der Waals surface area contributed by atoms with Gasteiger partial charge in [-0.1, -0.05) is 5.16 Å². The number of thioether (sulfide) groups is 1. The maximum absolute atomic E-state index is 13.1. The Hall–Kier alpha value is -3.41. The van der Waals surface area contributed by atoms with Crippen LogP contribution in [0.1, 0.15) is 12.6 Å². The molecule has 1 aromatic rings. The molecule has 2 atom stereocenters. The number of anilines is 1. The molecular weight excluding hydrogens is 582 g/mol. The molecule has 3 rings (SSSR count). The minimum atomic E-state index is -1.02. The lowest BCUT2D eigenvalue weighted by molar-refractivity contribution is -0.157. The van der Waals surface area contributed by atoms with Crippen molar-refractivity contribution in [2.75, 3.05) is 51.2 Å². The first kappa shape index (κ1) is 30.1. The van der Waals surface area contributed by atoms with Crippen LogP contribution in [0.4, 0.5) is 9.93 Å². The van der Waals surface area contributed by atoms with Gasteiger partial charge in [0.25, 0.3) is 11.8 Å². The summed E-state index contributed by atoms with van der Waals surface area (Å²) in [7, 11) is 2.66. The second kappa shape index (κ2) is 14.1. The van der Waals surface area contributed by atoms with E-state index in [1.807, 2.05) is 0 Å². The van der Waals surface area contributed by atoms with Crippen LogP contribution in [-0.2, 0) is 43.0 Å². The zero-order valence-electron chi connectivity index (χ0n) is 20.9. The number of nitrogens with one attached hydrogen (secondary N) is 2. The Kier molecular flexibility index (Phi) is 10.9. The van der Waals surface area contributed by atoms with Gasteiger partial charge in [-0.2, -0.15) is 0 Å². The van der Waals surface area contributed by atoms with Crippen molar-refractivity contribution in [3.8, 4) is 0 Å². The van der Waals surface area contributed by atoms with Gasteiger partial charge in [-0.3, -0.25) is 19.3 Å². The Labute approximate surface area is 235 Å². The molecule has 15 nitrogen and oxygen atoms in total. The number of hydrogen-bond donors (Lipinski definition) is 2. The van der Waals surface area contributed by atoms with Crippen LogP contribution in [0, 0.1) is 0 Å². The predicted octanol–water partition coefficient (Wildman–Crippen LogP) is 0.645. The average molecular weight is 606 g/mol. The van der Waals surface area contributed by atoms with E-state index in [0.717, 1.165) is 11.3 Å². The van der Waals surface area contributed by atoms with Gasteiger partial charge in [0.05, 0.1) is 13.2 Å². The highest BCUT2D eigenvalue weighted by molar-refractivity contribution is 8.00.